The Labute approximate surface area is 177 Å². The van der Waals surface area contributed by atoms with E-state index in [1.165, 1.54) is 11.1 Å². The Morgan fingerprint density at radius 3 is 2.13 bits per heavy atom. The number of rotatable bonds is 8. The van der Waals surface area contributed by atoms with Crippen molar-refractivity contribution < 1.29 is 19.3 Å². The minimum atomic E-state index is -0.405. The lowest BCUT2D eigenvalue weighted by molar-refractivity contribution is 0.118. The average Bonchev–Trinajstić information content (AvgIpc) is 3.22. The lowest BCUT2D eigenvalue weighted by Crippen LogP contribution is -2.30. The molecule has 1 aliphatic heterocycles. The maximum absolute atomic E-state index is 9.97. The van der Waals surface area contributed by atoms with Gasteiger partial charge in [0.15, 0.2) is 11.5 Å². The summed E-state index contributed by atoms with van der Waals surface area (Å²) in [5.74, 6) is 2.43. The number of benzene rings is 3. The molecule has 3 aromatic rings. The zero-order chi connectivity index (χ0) is 20.9. The van der Waals surface area contributed by atoms with Crippen molar-refractivity contribution >= 4 is 0 Å². The van der Waals surface area contributed by atoms with Gasteiger partial charge in [-0.3, -0.25) is 4.90 Å². The Kier molecular flexibility index (Phi) is 6.21. The van der Waals surface area contributed by atoms with Gasteiger partial charge in [0.25, 0.3) is 0 Å². The molecule has 3 aromatic carbocycles. The van der Waals surface area contributed by atoms with E-state index in [9.17, 15) is 5.11 Å². The van der Waals surface area contributed by atoms with Gasteiger partial charge >= 0.3 is 0 Å². The van der Waals surface area contributed by atoms with E-state index in [1.807, 2.05) is 31.2 Å². The van der Waals surface area contributed by atoms with E-state index in [4.69, 9.17) is 14.2 Å². The first-order chi connectivity index (χ1) is 14.6. The molecule has 0 radical (unpaired) electrons. The Morgan fingerprint density at radius 1 is 0.867 bits per heavy atom. The lowest BCUT2D eigenvalue weighted by atomic mass is 10.0. The van der Waals surface area contributed by atoms with Crippen LogP contribution in [0.5, 0.6) is 17.2 Å². The molecule has 156 valence electrons. The third-order valence-electron chi connectivity index (χ3n) is 5.15. The van der Waals surface area contributed by atoms with Crippen molar-refractivity contribution in [2.45, 2.75) is 26.1 Å². The molecule has 5 heteroatoms. The molecule has 0 fully saturated rings. The number of hydrogen-bond donors (Lipinski definition) is 1. The van der Waals surface area contributed by atoms with Crippen LogP contribution in [0, 0.1) is 0 Å². The minimum absolute atomic E-state index is 0.275. The number of hydrogen-bond acceptors (Lipinski definition) is 5. The summed E-state index contributed by atoms with van der Waals surface area (Å²) in [6.45, 7) is 4.16. The first-order valence-corrected chi connectivity index (χ1v) is 10.1. The molecule has 0 aromatic heterocycles. The van der Waals surface area contributed by atoms with E-state index < -0.39 is 6.10 Å². The number of aliphatic hydroxyl groups excluding tert-OH is 1. The highest BCUT2D eigenvalue weighted by Gasteiger charge is 2.16. The molecule has 4 rings (SSSR count). The van der Waals surface area contributed by atoms with E-state index >= 15 is 0 Å². The quantitative estimate of drug-likeness (QED) is 0.599. The van der Waals surface area contributed by atoms with Gasteiger partial charge in [0.1, 0.15) is 5.75 Å². The third kappa shape index (κ3) is 4.93. The van der Waals surface area contributed by atoms with Crippen molar-refractivity contribution in [2.24, 2.45) is 0 Å². The van der Waals surface area contributed by atoms with Crippen molar-refractivity contribution in [3.8, 4) is 28.4 Å². The zero-order valence-corrected chi connectivity index (χ0v) is 17.4. The Balaban J connectivity index is 1.45. The van der Waals surface area contributed by atoms with Crippen LogP contribution in [0.1, 0.15) is 18.1 Å². The fourth-order valence-electron chi connectivity index (χ4n) is 3.70. The van der Waals surface area contributed by atoms with E-state index in [1.54, 1.807) is 7.11 Å². The lowest BCUT2D eigenvalue weighted by Gasteiger charge is -2.24. The van der Waals surface area contributed by atoms with Gasteiger partial charge in [-0.1, -0.05) is 42.5 Å². The van der Waals surface area contributed by atoms with Crippen LogP contribution in [0.25, 0.3) is 11.1 Å². The van der Waals surface area contributed by atoms with Gasteiger partial charge in [0, 0.05) is 19.6 Å². The largest absolute Gasteiger partial charge is 0.497 e. The Hall–Kier alpha value is -3.02. The Morgan fingerprint density at radius 2 is 1.47 bits per heavy atom. The summed E-state index contributed by atoms with van der Waals surface area (Å²) in [5.41, 5.74) is 4.66. The van der Waals surface area contributed by atoms with Gasteiger partial charge in [-0.2, -0.15) is 0 Å². The molecule has 0 aliphatic carbocycles. The topological polar surface area (TPSA) is 51.2 Å². The summed E-state index contributed by atoms with van der Waals surface area (Å²) in [6, 6.07) is 22.7. The Bertz CT molecular complexity index is 967. The smallest absolute Gasteiger partial charge is 0.231 e. The highest BCUT2D eigenvalue weighted by molar-refractivity contribution is 5.64. The van der Waals surface area contributed by atoms with Crippen molar-refractivity contribution in [3.05, 3.63) is 77.9 Å². The maximum atomic E-state index is 9.97. The van der Waals surface area contributed by atoms with Gasteiger partial charge in [-0.05, 0) is 53.4 Å². The molecule has 0 unspecified atom stereocenters. The van der Waals surface area contributed by atoms with Crippen LogP contribution in [-0.4, -0.2) is 36.6 Å². The van der Waals surface area contributed by atoms with Crippen LogP contribution >= 0.6 is 0 Å². The van der Waals surface area contributed by atoms with Gasteiger partial charge in [0.2, 0.25) is 6.79 Å². The molecule has 0 bridgehead atoms. The number of fused-ring (bicyclic) bond motifs is 1. The monoisotopic (exact) mass is 405 g/mol. The predicted octanol–water partition coefficient (Wildman–Crippen LogP) is 4.47. The molecule has 30 heavy (non-hydrogen) atoms. The van der Waals surface area contributed by atoms with Crippen LogP contribution in [0.4, 0.5) is 0 Å². The molecule has 0 saturated carbocycles. The molecule has 0 amide bonds. The maximum Gasteiger partial charge on any atom is 0.231 e. The highest BCUT2D eigenvalue weighted by Crippen LogP contribution is 2.33. The fourth-order valence-corrected chi connectivity index (χ4v) is 3.70. The SMILES string of the molecule is COc1ccc(-c2ccc(CN(Cc3ccc4c(c3)OCO4)C[C@H](C)O)cc2)cc1. The van der Waals surface area contributed by atoms with E-state index in [0.29, 0.717) is 6.54 Å². The van der Waals surface area contributed by atoms with Crippen molar-refractivity contribution in [3.63, 3.8) is 0 Å². The summed E-state index contributed by atoms with van der Waals surface area (Å²) < 4.78 is 16.1. The van der Waals surface area contributed by atoms with E-state index in [2.05, 4.69) is 47.4 Å². The van der Waals surface area contributed by atoms with Gasteiger partial charge in [-0.25, -0.2) is 0 Å². The summed E-state index contributed by atoms with van der Waals surface area (Å²) >= 11 is 0. The molecular weight excluding hydrogens is 378 g/mol. The van der Waals surface area contributed by atoms with E-state index in [-0.39, 0.29) is 6.79 Å². The minimum Gasteiger partial charge on any atom is -0.497 e. The van der Waals surface area contributed by atoms with Crippen molar-refractivity contribution in [2.75, 3.05) is 20.4 Å². The second-order valence-corrected chi connectivity index (χ2v) is 7.63. The van der Waals surface area contributed by atoms with Crippen molar-refractivity contribution in [1.82, 2.24) is 4.90 Å². The number of methoxy groups -OCH3 is 1. The molecule has 0 spiro atoms. The summed E-state index contributed by atoms with van der Waals surface area (Å²) in [6.07, 6.45) is -0.405. The van der Waals surface area contributed by atoms with E-state index in [0.717, 1.165) is 41.5 Å². The summed E-state index contributed by atoms with van der Waals surface area (Å²) in [7, 11) is 1.67. The molecule has 1 heterocycles. The molecule has 1 aliphatic rings. The van der Waals surface area contributed by atoms with Crippen LogP contribution in [0.15, 0.2) is 66.7 Å². The van der Waals surface area contributed by atoms with Gasteiger partial charge in [-0.15, -0.1) is 0 Å². The van der Waals surface area contributed by atoms with Gasteiger partial charge in [0.05, 0.1) is 13.2 Å². The third-order valence-corrected chi connectivity index (χ3v) is 5.15. The average molecular weight is 405 g/mol. The standard InChI is InChI=1S/C25H27NO4/c1-18(27)14-26(16-20-5-12-24-25(13-20)30-17-29-24)15-19-3-6-21(7-4-19)22-8-10-23(28-2)11-9-22/h3-13,18,27H,14-17H2,1-2H3/t18-/m0/s1. The predicted molar refractivity (Wildman–Crippen MR) is 117 cm³/mol. The van der Waals surface area contributed by atoms with Crippen LogP contribution in [0.2, 0.25) is 0 Å². The molecule has 0 saturated heterocycles. The van der Waals surface area contributed by atoms with Crippen LogP contribution in [0.3, 0.4) is 0 Å². The second kappa shape index (κ2) is 9.20. The number of ether oxygens (including phenoxy) is 3. The molecular formula is C25H27NO4. The fraction of sp³-hybridized carbons (Fsp3) is 0.280. The number of nitrogens with zero attached hydrogens (tertiary/aromatic N) is 1. The highest BCUT2D eigenvalue weighted by atomic mass is 16.7. The first-order valence-electron chi connectivity index (χ1n) is 10.1. The summed E-state index contributed by atoms with van der Waals surface area (Å²) in [4.78, 5) is 2.24. The molecule has 1 N–H and O–H groups in total. The normalized spacial score (nSPS) is 13.5. The first kappa shape index (κ1) is 20.3. The van der Waals surface area contributed by atoms with Gasteiger partial charge < -0.3 is 19.3 Å². The molecule has 5 nitrogen and oxygen atoms in total. The second-order valence-electron chi connectivity index (χ2n) is 7.63. The molecule has 1 atom stereocenters. The number of aliphatic hydroxyl groups is 1. The van der Waals surface area contributed by atoms with Crippen LogP contribution in [-0.2, 0) is 13.1 Å². The van der Waals surface area contributed by atoms with Crippen molar-refractivity contribution in [1.29, 1.82) is 0 Å². The summed E-state index contributed by atoms with van der Waals surface area (Å²) in [5, 5.41) is 9.97. The van der Waals surface area contributed by atoms with Crippen LogP contribution < -0.4 is 14.2 Å². The zero-order valence-electron chi connectivity index (χ0n) is 17.4.